The van der Waals surface area contributed by atoms with Gasteiger partial charge in [-0.1, -0.05) is 6.42 Å². The van der Waals surface area contributed by atoms with Crippen molar-refractivity contribution >= 4 is 5.91 Å². The van der Waals surface area contributed by atoms with Gasteiger partial charge in [0, 0.05) is 18.5 Å². The van der Waals surface area contributed by atoms with Gasteiger partial charge < -0.3 is 14.1 Å². The van der Waals surface area contributed by atoms with Crippen molar-refractivity contribution in [1.29, 1.82) is 0 Å². The van der Waals surface area contributed by atoms with E-state index in [2.05, 4.69) is 9.97 Å². The van der Waals surface area contributed by atoms with Crippen LogP contribution in [-0.4, -0.2) is 40.5 Å². The molecule has 0 aromatic carbocycles. The van der Waals surface area contributed by atoms with Crippen LogP contribution < -0.4 is 4.74 Å². The van der Waals surface area contributed by atoms with Gasteiger partial charge in [0.05, 0.1) is 24.6 Å². The lowest BCUT2D eigenvalue weighted by atomic mass is 9.82. The molecule has 6 nitrogen and oxygen atoms in total. The van der Waals surface area contributed by atoms with Gasteiger partial charge in [-0.05, 0) is 38.7 Å². The molecule has 4 rings (SSSR count). The lowest BCUT2D eigenvalue weighted by Crippen LogP contribution is -2.36. The van der Waals surface area contributed by atoms with Gasteiger partial charge in [-0.15, -0.1) is 0 Å². The molecule has 1 amide bonds. The van der Waals surface area contributed by atoms with Gasteiger partial charge in [0.15, 0.2) is 5.82 Å². The number of furan rings is 1. The van der Waals surface area contributed by atoms with E-state index in [1.165, 1.54) is 0 Å². The minimum absolute atomic E-state index is 0.0196. The lowest BCUT2D eigenvalue weighted by molar-refractivity contribution is 0.0740. The second kappa shape index (κ2) is 6.37. The Morgan fingerprint density at radius 1 is 1.42 bits per heavy atom. The van der Waals surface area contributed by atoms with Crippen molar-refractivity contribution in [2.24, 2.45) is 11.3 Å². The van der Waals surface area contributed by atoms with Crippen molar-refractivity contribution in [2.45, 2.75) is 33.1 Å². The molecular formula is C19H22FN3O3. The number of aromatic nitrogens is 2. The number of rotatable bonds is 4. The molecule has 0 N–H and O–H groups in total. The Morgan fingerprint density at radius 3 is 2.88 bits per heavy atom. The second-order valence-corrected chi connectivity index (χ2v) is 7.44. The Hall–Kier alpha value is -2.44. The number of likely N-dealkylation sites (tertiary alicyclic amines) is 1. The average Bonchev–Trinajstić information content (AvgIpc) is 3.25. The van der Waals surface area contributed by atoms with Crippen LogP contribution >= 0.6 is 0 Å². The van der Waals surface area contributed by atoms with E-state index in [1.54, 1.807) is 6.07 Å². The number of amides is 1. The number of carbonyl (C=O) groups excluding carboxylic acids is 1. The van der Waals surface area contributed by atoms with Crippen molar-refractivity contribution < 1.29 is 18.3 Å². The number of hydrogen-bond donors (Lipinski definition) is 0. The monoisotopic (exact) mass is 359 g/mol. The molecule has 0 radical (unpaired) electrons. The summed E-state index contributed by atoms with van der Waals surface area (Å²) in [6, 6.07) is 1.99. The number of ether oxygens (including phenoxy) is 1. The molecule has 2 aliphatic rings. The maximum absolute atomic E-state index is 12.9. The first-order valence-corrected chi connectivity index (χ1v) is 8.93. The third-order valence-corrected chi connectivity index (χ3v) is 5.68. The van der Waals surface area contributed by atoms with Crippen LogP contribution in [0, 0.1) is 31.0 Å². The molecule has 1 saturated carbocycles. The van der Waals surface area contributed by atoms with Crippen LogP contribution in [0.1, 0.15) is 41.1 Å². The van der Waals surface area contributed by atoms with E-state index in [0.717, 1.165) is 44.0 Å². The highest BCUT2D eigenvalue weighted by Gasteiger charge is 2.51. The van der Waals surface area contributed by atoms with Crippen molar-refractivity contribution in [1.82, 2.24) is 14.9 Å². The van der Waals surface area contributed by atoms with Gasteiger partial charge in [0.25, 0.3) is 5.91 Å². The highest BCUT2D eigenvalue weighted by molar-refractivity contribution is 5.95. The molecule has 2 atom stereocenters. The van der Waals surface area contributed by atoms with Crippen LogP contribution in [0.25, 0.3) is 0 Å². The molecule has 7 heteroatoms. The van der Waals surface area contributed by atoms with Crippen molar-refractivity contribution in [3.8, 4) is 6.01 Å². The van der Waals surface area contributed by atoms with Crippen molar-refractivity contribution in [3.63, 3.8) is 0 Å². The molecule has 2 unspecified atom stereocenters. The van der Waals surface area contributed by atoms with Gasteiger partial charge in [0.1, 0.15) is 11.5 Å². The Labute approximate surface area is 151 Å². The summed E-state index contributed by atoms with van der Waals surface area (Å²) in [5, 5.41) is 0. The second-order valence-electron chi connectivity index (χ2n) is 7.44. The van der Waals surface area contributed by atoms with Gasteiger partial charge in [-0.2, -0.15) is 0 Å². The summed E-state index contributed by atoms with van der Waals surface area (Å²) in [4.78, 5) is 22.6. The van der Waals surface area contributed by atoms with E-state index in [4.69, 9.17) is 9.15 Å². The Morgan fingerprint density at radius 2 is 2.19 bits per heavy atom. The van der Waals surface area contributed by atoms with E-state index in [0.29, 0.717) is 30.4 Å². The van der Waals surface area contributed by atoms with Gasteiger partial charge in [-0.25, -0.2) is 14.4 Å². The number of hydrogen-bond acceptors (Lipinski definition) is 5. The molecule has 2 aromatic rings. The smallest absolute Gasteiger partial charge is 0.316 e. The van der Waals surface area contributed by atoms with Gasteiger partial charge >= 0.3 is 6.01 Å². The Kier molecular flexibility index (Phi) is 4.17. The van der Waals surface area contributed by atoms with E-state index in [-0.39, 0.29) is 17.3 Å². The summed E-state index contributed by atoms with van der Waals surface area (Å²) in [6.07, 6.45) is 5.41. The third kappa shape index (κ3) is 2.95. The Bertz CT molecular complexity index is 820. The molecule has 0 bridgehead atoms. The number of carbonyl (C=O) groups is 1. The topological polar surface area (TPSA) is 68.5 Å². The highest BCUT2D eigenvalue weighted by Crippen LogP contribution is 2.49. The summed E-state index contributed by atoms with van der Waals surface area (Å²) in [5.41, 5.74) is 0.556. The molecule has 0 spiro atoms. The summed E-state index contributed by atoms with van der Waals surface area (Å²) >= 11 is 0. The summed E-state index contributed by atoms with van der Waals surface area (Å²) in [5.74, 6) is 1.34. The number of aryl methyl sites for hydroxylation is 2. The molecule has 2 aromatic heterocycles. The standard InChI is InChI=1S/C19H22FN3O3/c1-12-6-16(13(2)26-12)17(24)23-9-14-4-3-5-19(14,10-23)11-25-18-21-7-15(20)8-22-18/h6-8,14H,3-5,9-11H2,1-2H3. The zero-order valence-corrected chi connectivity index (χ0v) is 15.0. The largest absolute Gasteiger partial charge is 0.466 e. The highest BCUT2D eigenvalue weighted by atomic mass is 19.1. The zero-order valence-electron chi connectivity index (χ0n) is 15.0. The fourth-order valence-corrected chi connectivity index (χ4v) is 4.40. The first-order chi connectivity index (χ1) is 12.5. The van der Waals surface area contributed by atoms with Gasteiger partial charge in [-0.3, -0.25) is 4.79 Å². The molecule has 26 heavy (non-hydrogen) atoms. The number of nitrogens with zero attached hydrogens (tertiary/aromatic N) is 3. The van der Waals surface area contributed by atoms with Gasteiger partial charge in [0.2, 0.25) is 0 Å². The average molecular weight is 359 g/mol. The predicted octanol–water partition coefficient (Wildman–Crippen LogP) is 3.15. The first kappa shape index (κ1) is 17.0. The number of fused-ring (bicyclic) bond motifs is 1. The van der Waals surface area contributed by atoms with E-state index in [1.807, 2.05) is 18.7 Å². The molecular weight excluding hydrogens is 337 g/mol. The maximum atomic E-state index is 12.9. The summed E-state index contributed by atoms with van der Waals surface area (Å²) in [6.45, 7) is 5.50. The lowest BCUT2D eigenvalue weighted by Gasteiger charge is -2.28. The summed E-state index contributed by atoms with van der Waals surface area (Å²) in [7, 11) is 0. The predicted molar refractivity (Wildman–Crippen MR) is 91.3 cm³/mol. The fourth-order valence-electron chi connectivity index (χ4n) is 4.40. The molecule has 1 saturated heterocycles. The number of halogens is 1. The quantitative estimate of drug-likeness (QED) is 0.839. The third-order valence-electron chi connectivity index (χ3n) is 5.68. The van der Waals surface area contributed by atoms with Crippen LogP contribution in [-0.2, 0) is 0 Å². The normalized spacial score (nSPS) is 24.7. The molecule has 2 fully saturated rings. The SMILES string of the molecule is Cc1cc(C(=O)N2CC3CCCC3(COc3ncc(F)cn3)C2)c(C)o1. The van der Waals surface area contributed by atoms with Crippen LogP contribution in [0.2, 0.25) is 0 Å². The van der Waals surface area contributed by atoms with Crippen LogP contribution in [0.3, 0.4) is 0 Å². The van der Waals surface area contributed by atoms with E-state index >= 15 is 0 Å². The van der Waals surface area contributed by atoms with Crippen molar-refractivity contribution in [3.05, 3.63) is 41.4 Å². The molecule has 1 aliphatic heterocycles. The fraction of sp³-hybridized carbons (Fsp3) is 0.526. The Balaban J connectivity index is 1.48. The van der Waals surface area contributed by atoms with Crippen LogP contribution in [0.15, 0.2) is 22.9 Å². The molecule has 1 aliphatic carbocycles. The zero-order chi connectivity index (χ0) is 18.3. The van der Waals surface area contributed by atoms with E-state index < -0.39 is 5.82 Å². The minimum Gasteiger partial charge on any atom is -0.466 e. The van der Waals surface area contributed by atoms with Crippen LogP contribution in [0.5, 0.6) is 6.01 Å². The maximum Gasteiger partial charge on any atom is 0.316 e. The molecule has 3 heterocycles. The van der Waals surface area contributed by atoms with E-state index in [9.17, 15) is 9.18 Å². The summed E-state index contributed by atoms with van der Waals surface area (Å²) < 4.78 is 24.2. The van der Waals surface area contributed by atoms with Crippen molar-refractivity contribution in [2.75, 3.05) is 19.7 Å². The minimum atomic E-state index is -0.488. The first-order valence-electron chi connectivity index (χ1n) is 8.93. The van der Waals surface area contributed by atoms with Crippen LogP contribution in [0.4, 0.5) is 4.39 Å². The molecule has 138 valence electrons.